The number of hydrogen-bond acceptors (Lipinski definition) is 3. The average Bonchev–Trinajstić information content (AvgIpc) is 2.98. The van der Waals surface area contributed by atoms with Crippen molar-refractivity contribution in [2.24, 2.45) is 10.7 Å². The molecule has 2 heterocycles. The van der Waals surface area contributed by atoms with E-state index in [0.717, 1.165) is 36.4 Å². The molecule has 4 nitrogen and oxygen atoms in total. The van der Waals surface area contributed by atoms with Crippen LogP contribution in [0.1, 0.15) is 11.1 Å². The molecule has 1 aliphatic heterocycles. The van der Waals surface area contributed by atoms with Gasteiger partial charge in [0.05, 0.1) is 6.54 Å². The molecule has 0 aliphatic carbocycles. The number of nitrogens with zero attached hydrogens (tertiary/aromatic N) is 1. The van der Waals surface area contributed by atoms with Gasteiger partial charge in [0, 0.05) is 29.2 Å². The molecule has 4 N–H and O–H groups in total. The number of aromatic amines is 1. The van der Waals surface area contributed by atoms with Crippen LogP contribution in [-0.2, 0) is 6.42 Å². The van der Waals surface area contributed by atoms with Crippen LogP contribution in [0.25, 0.3) is 10.9 Å². The van der Waals surface area contributed by atoms with E-state index in [4.69, 9.17) is 5.73 Å². The van der Waals surface area contributed by atoms with Crippen molar-refractivity contribution in [1.29, 1.82) is 0 Å². The van der Waals surface area contributed by atoms with Gasteiger partial charge in [0.15, 0.2) is 0 Å². The van der Waals surface area contributed by atoms with E-state index in [1.807, 2.05) is 6.20 Å². The summed E-state index contributed by atoms with van der Waals surface area (Å²) < 4.78 is 0. The van der Waals surface area contributed by atoms with Gasteiger partial charge in [-0.1, -0.05) is 0 Å². The van der Waals surface area contributed by atoms with Gasteiger partial charge in [-0.2, -0.15) is 0 Å². The molecule has 0 atom stereocenters. The molecule has 0 amide bonds. The van der Waals surface area contributed by atoms with Crippen LogP contribution >= 0.6 is 0 Å². The normalized spacial score (nSPS) is 15.0. The highest BCUT2D eigenvalue weighted by Crippen LogP contribution is 2.20. The maximum absolute atomic E-state index is 5.62. The Balaban J connectivity index is 2.06. The van der Waals surface area contributed by atoms with Crippen molar-refractivity contribution in [2.45, 2.75) is 6.42 Å². The first-order valence-electron chi connectivity index (χ1n) is 5.97. The van der Waals surface area contributed by atoms with E-state index >= 15 is 0 Å². The SMILES string of the molecule is NCCc1c[nH]c2ccc(C3=NCCN3)cc12. The largest absolute Gasteiger partial charge is 0.368 e. The maximum atomic E-state index is 5.62. The predicted octanol–water partition coefficient (Wildman–Crippen LogP) is 1.02. The molecule has 17 heavy (non-hydrogen) atoms. The molecule has 0 spiro atoms. The van der Waals surface area contributed by atoms with Crippen LogP contribution < -0.4 is 11.1 Å². The molecule has 4 heteroatoms. The lowest BCUT2D eigenvalue weighted by molar-refractivity contribution is 0.960. The standard InChI is InChI=1S/C13H16N4/c14-4-3-10-8-17-12-2-1-9(7-11(10)12)13-15-5-6-16-13/h1-2,7-8,17H,3-6,14H2,(H,15,16). The number of benzene rings is 1. The van der Waals surface area contributed by atoms with Crippen molar-refractivity contribution >= 4 is 16.7 Å². The molecule has 0 bridgehead atoms. The Morgan fingerprint density at radius 3 is 3.06 bits per heavy atom. The van der Waals surface area contributed by atoms with Gasteiger partial charge >= 0.3 is 0 Å². The molecule has 1 aliphatic rings. The first kappa shape index (κ1) is 10.4. The summed E-state index contributed by atoms with van der Waals surface area (Å²) in [6.45, 7) is 2.49. The third-order valence-corrected chi connectivity index (χ3v) is 3.13. The zero-order valence-corrected chi connectivity index (χ0v) is 9.66. The van der Waals surface area contributed by atoms with E-state index in [9.17, 15) is 0 Å². The number of fused-ring (bicyclic) bond motifs is 1. The summed E-state index contributed by atoms with van der Waals surface area (Å²) in [7, 11) is 0. The van der Waals surface area contributed by atoms with Crippen molar-refractivity contribution in [3.63, 3.8) is 0 Å². The van der Waals surface area contributed by atoms with Crippen LogP contribution in [0, 0.1) is 0 Å². The molecule has 2 aromatic rings. The van der Waals surface area contributed by atoms with Gasteiger partial charge in [0.2, 0.25) is 0 Å². The lowest BCUT2D eigenvalue weighted by Crippen LogP contribution is -2.19. The summed E-state index contributed by atoms with van der Waals surface area (Å²) in [5.41, 5.74) is 9.22. The molecule has 88 valence electrons. The van der Waals surface area contributed by atoms with Gasteiger partial charge in [0.25, 0.3) is 0 Å². The summed E-state index contributed by atoms with van der Waals surface area (Å²) >= 11 is 0. The van der Waals surface area contributed by atoms with E-state index in [1.54, 1.807) is 0 Å². The number of rotatable bonds is 3. The smallest absolute Gasteiger partial charge is 0.128 e. The maximum Gasteiger partial charge on any atom is 0.128 e. The number of hydrogen-bond donors (Lipinski definition) is 3. The molecule has 0 fully saturated rings. The van der Waals surface area contributed by atoms with E-state index < -0.39 is 0 Å². The van der Waals surface area contributed by atoms with E-state index in [2.05, 4.69) is 33.5 Å². The number of nitrogens with two attached hydrogens (primary N) is 1. The van der Waals surface area contributed by atoms with Crippen LogP contribution in [0.2, 0.25) is 0 Å². The number of amidine groups is 1. The molecular weight excluding hydrogens is 212 g/mol. The van der Waals surface area contributed by atoms with Crippen LogP contribution in [-0.4, -0.2) is 30.5 Å². The highest BCUT2D eigenvalue weighted by Gasteiger charge is 2.10. The Kier molecular flexibility index (Phi) is 2.57. The lowest BCUT2D eigenvalue weighted by Gasteiger charge is -2.03. The monoisotopic (exact) mass is 228 g/mol. The van der Waals surface area contributed by atoms with Crippen LogP contribution in [0.3, 0.4) is 0 Å². The Hall–Kier alpha value is -1.81. The van der Waals surface area contributed by atoms with Gasteiger partial charge in [-0.25, -0.2) is 0 Å². The Labute approximate surface area is 99.9 Å². The first-order valence-corrected chi connectivity index (χ1v) is 5.97. The molecule has 0 saturated heterocycles. The minimum atomic E-state index is 0.677. The highest BCUT2D eigenvalue weighted by molar-refractivity contribution is 6.02. The predicted molar refractivity (Wildman–Crippen MR) is 70.5 cm³/mol. The first-order chi connectivity index (χ1) is 8.38. The summed E-state index contributed by atoms with van der Waals surface area (Å²) in [4.78, 5) is 7.72. The number of aromatic nitrogens is 1. The number of aliphatic imine (C=N–C) groups is 1. The van der Waals surface area contributed by atoms with Crippen molar-refractivity contribution in [3.8, 4) is 0 Å². The summed E-state index contributed by atoms with van der Waals surface area (Å²) in [5.74, 6) is 1.01. The quantitative estimate of drug-likeness (QED) is 0.734. The Morgan fingerprint density at radius 1 is 1.35 bits per heavy atom. The zero-order chi connectivity index (χ0) is 11.7. The van der Waals surface area contributed by atoms with Crippen LogP contribution in [0.15, 0.2) is 29.4 Å². The molecule has 1 aromatic carbocycles. The van der Waals surface area contributed by atoms with Gasteiger partial charge in [-0.05, 0) is 36.7 Å². The highest BCUT2D eigenvalue weighted by atomic mass is 15.1. The second-order valence-electron chi connectivity index (χ2n) is 4.27. The zero-order valence-electron chi connectivity index (χ0n) is 9.66. The minimum absolute atomic E-state index is 0.677. The lowest BCUT2D eigenvalue weighted by atomic mass is 10.1. The van der Waals surface area contributed by atoms with Crippen molar-refractivity contribution in [3.05, 3.63) is 35.5 Å². The van der Waals surface area contributed by atoms with E-state index in [1.165, 1.54) is 10.9 Å². The van der Waals surface area contributed by atoms with Crippen molar-refractivity contribution in [1.82, 2.24) is 10.3 Å². The van der Waals surface area contributed by atoms with Gasteiger partial charge in [-0.15, -0.1) is 0 Å². The Morgan fingerprint density at radius 2 is 2.29 bits per heavy atom. The topological polar surface area (TPSA) is 66.2 Å². The molecule has 0 radical (unpaired) electrons. The molecule has 3 rings (SSSR count). The van der Waals surface area contributed by atoms with Crippen LogP contribution in [0.4, 0.5) is 0 Å². The molecule has 0 saturated carbocycles. The van der Waals surface area contributed by atoms with Gasteiger partial charge in [-0.3, -0.25) is 4.99 Å². The van der Waals surface area contributed by atoms with E-state index in [0.29, 0.717) is 6.54 Å². The van der Waals surface area contributed by atoms with Gasteiger partial charge < -0.3 is 16.0 Å². The summed E-state index contributed by atoms with van der Waals surface area (Å²) in [6, 6.07) is 6.39. The second-order valence-corrected chi connectivity index (χ2v) is 4.27. The fourth-order valence-electron chi connectivity index (χ4n) is 2.28. The fraction of sp³-hybridized carbons (Fsp3) is 0.308. The van der Waals surface area contributed by atoms with E-state index in [-0.39, 0.29) is 0 Å². The fourth-order valence-corrected chi connectivity index (χ4v) is 2.28. The van der Waals surface area contributed by atoms with Crippen molar-refractivity contribution in [2.75, 3.05) is 19.6 Å². The average molecular weight is 228 g/mol. The van der Waals surface area contributed by atoms with Crippen molar-refractivity contribution < 1.29 is 0 Å². The molecule has 1 aromatic heterocycles. The van der Waals surface area contributed by atoms with Crippen LogP contribution in [0.5, 0.6) is 0 Å². The summed E-state index contributed by atoms with van der Waals surface area (Å²) in [5, 5.41) is 4.55. The number of nitrogens with one attached hydrogen (secondary N) is 2. The third-order valence-electron chi connectivity index (χ3n) is 3.13. The third kappa shape index (κ3) is 1.80. The second kappa shape index (κ2) is 4.22. The minimum Gasteiger partial charge on any atom is -0.368 e. The molecule has 0 unspecified atom stereocenters. The summed E-state index contributed by atoms with van der Waals surface area (Å²) in [6.07, 6.45) is 2.95. The van der Waals surface area contributed by atoms with Gasteiger partial charge in [0.1, 0.15) is 5.84 Å². The Bertz CT molecular complexity index is 568. The number of H-pyrrole nitrogens is 1. The molecular formula is C13H16N4.